The van der Waals surface area contributed by atoms with E-state index in [1.165, 1.54) is 0 Å². The molecule has 2 N–H and O–H groups in total. The second-order valence-electron chi connectivity index (χ2n) is 5.96. The summed E-state index contributed by atoms with van der Waals surface area (Å²) in [5.74, 6) is -0.237. The maximum absolute atomic E-state index is 12.6. The van der Waals surface area contributed by atoms with Gasteiger partial charge < -0.3 is 4.90 Å². The molecule has 1 amide bonds. The number of para-hydroxylation sites is 1. The smallest absolute Gasteiger partial charge is 0.274 e. The number of likely N-dealkylation sites (tertiary alicyclic amines) is 1. The molecule has 24 heavy (non-hydrogen) atoms. The molecule has 0 spiro atoms. The molecule has 0 radical (unpaired) electrons. The Morgan fingerprint density at radius 3 is 2.75 bits per heavy atom. The van der Waals surface area contributed by atoms with E-state index in [1.807, 2.05) is 13.0 Å². The summed E-state index contributed by atoms with van der Waals surface area (Å²) in [5, 5.41) is 6.07. The van der Waals surface area contributed by atoms with E-state index in [0.29, 0.717) is 30.8 Å². The summed E-state index contributed by atoms with van der Waals surface area (Å²) in [5.41, 5.74) is 1.65. The zero-order valence-corrected chi connectivity index (χ0v) is 14.2. The molecular weight excluding hydrogens is 328 g/mol. The molecule has 0 saturated carbocycles. The van der Waals surface area contributed by atoms with Gasteiger partial charge in [0.05, 0.1) is 5.25 Å². The number of carbonyl (C=O) groups excluding carboxylic acids is 1. The Hall–Kier alpha value is -2.35. The average molecular weight is 348 g/mol. The predicted octanol–water partition coefficient (Wildman–Crippen LogP) is 1.76. The molecule has 1 aromatic carbocycles. The van der Waals surface area contributed by atoms with Crippen molar-refractivity contribution in [2.24, 2.45) is 0 Å². The number of carbonyl (C=O) groups is 1. The van der Waals surface area contributed by atoms with E-state index in [4.69, 9.17) is 0 Å². The Kier molecular flexibility index (Phi) is 4.57. The summed E-state index contributed by atoms with van der Waals surface area (Å²) in [6.07, 6.45) is 1.18. The molecule has 7 nitrogen and oxygen atoms in total. The lowest BCUT2D eigenvalue weighted by atomic mass is 10.1. The first-order valence-electron chi connectivity index (χ1n) is 7.84. The summed E-state index contributed by atoms with van der Waals surface area (Å²) in [4.78, 5) is 14.0. The Labute approximate surface area is 141 Å². The number of H-pyrrole nitrogens is 1. The topological polar surface area (TPSA) is 95.2 Å². The van der Waals surface area contributed by atoms with Crippen molar-refractivity contribution in [1.82, 2.24) is 15.1 Å². The largest absolute Gasteiger partial charge is 0.336 e. The van der Waals surface area contributed by atoms with E-state index < -0.39 is 15.3 Å². The van der Waals surface area contributed by atoms with Gasteiger partial charge in [0.2, 0.25) is 10.0 Å². The fourth-order valence-corrected chi connectivity index (χ4v) is 4.30. The van der Waals surface area contributed by atoms with Gasteiger partial charge >= 0.3 is 0 Å². The number of anilines is 1. The number of hydrogen-bond acceptors (Lipinski definition) is 4. The molecule has 1 atom stereocenters. The van der Waals surface area contributed by atoms with Crippen LogP contribution in [-0.2, 0) is 10.0 Å². The molecule has 3 rings (SSSR count). The van der Waals surface area contributed by atoms with Crippen molar-refractivity contribution < 1.29 is 13.2 Å². The number of aryl methyl sites for hydroxylation is 1. The van der Waals surface area contributed by atoms with Gasteiger partial charge in [-0.05, 0) is 38.0 Å². The monoisotopic (exact) mass is 348 g/mol. The molecule has 1 aliphatic heterocycles. The van der Waals surface area contributed by atoms with Gasteiger partial charge in [0.1, 0.15) is 5.69 Å². The van der Waals surface area contributed by atoms with Crippen LogP contribution in [-0.4, -0.2) is 47.8 Å². The van der Waals surface area contributed by atoms with Crippen molar-refractivity contribution in [3.63, 3.8) is 0 Å². The minimum atomic E-state index is -3.55. The zero-order chi connectivity index (χ0) is 17.2. The van der Waals surface area contributed by atoms with E-state index >= 15 is 0 Å². The van der Waals surface area contributed by atoms with Crippen LogP contribution in [0.25, 0.3) is 0 Å². The molecule has 1 fully saturated rings. The highest BCUT2D eigenvalue weighted by molar-refractivity contribution is 7.93. The van der Waals surface area contributed by atoms with Crippen LogP contribution in [0, 0.1) is 6.92 Å². The third-order valence-corrected chi connectivity index (χ3v) is 5.85. The predicted molar refractivity (Wildman–Crippen MR) is 91.2 cm³/mol. The molecule has 1 aliphatic rings. The third-order valence-electron chi connectivity index (χ3n) is 4.06. The summed E-state index contributed by atoms with van der Waals surface area (Å²) in [7, 11) is -3.55. The summed E-state index contributed by atoms with van der Waals surface area (Å²) in [6, 6.07) is 10.4. The van der Waals surface area contributed by atoms with Crippen LogP contribution >= 0.6 is 0 Å². The highest BCUT2D eigenvalue weighted by atomic mass is 32.2. The van der Waals surface area contributed by atoms with E-state index in [1.54, 1.807) is 35.2 Å². The Balaban J connectivity index is 1.72. The van der Waals surface area contributed by atoms with E-state index in [9.17, 15) is 13.2 Å². The fraction of sp³-hybridized carbons (Fsp3) is 0.375. The van der Waals surface area contributed by atoms with Crippen LogP contribution in [0.3, 0.4) is 0 Å². The number of amides is 1. The number of benzene rings is 1. The highest BCUT2D eigenvalue weighted by Crippen LogP contribution is 2.21. The van der Waals surface area contributed by atoms with E-state index in [2.05, 4.69) is 14.9 Å². The van der Waals surface area contributed by atoms with Gasteiger partial charge in [0.25, 0.3) is 5.91 Å². The molecule has 8 heteroatoms. The van der Waals surface area contributed by atoms with Crippen molar-refractivity contribution in [3.8, 4) is 0 Å². The second-order valence-corrected chi connectivity index (χ2v) is 7.93. The standard InChI is InChI=1S/C16H20N4O3S/c1-12-10-15(18-17-12)16(21)20-9-5-8-14(11-20)24(22,23)19-13-6-3-2-4-7-13/h2-4,6-7,10,14,19H,5,8-9,11H2,1H3,(H,17,18). The van der Waals surface area contributed by atoms with Crippen molar-refractivity contribution >= 4 is 21.6 Å². The summed E-state index contributed by atoms with van der Waals surface area (Å²) < 4.78 is 27.8. The van der Waals surface area contributed by atoms with E-state index in [-0.39, 0.29) is 12.5 Å². The van der Waals surface area contributed by atoms with Crippen LogP contribution < -0.4 is 4.72 Å². The lowest BCUT2D eigenvalue weighted by Crippen LogP contribution is -2.46. The van der Waals surface area contributed by atoms with Gasteiger partial charge in [-0.2, -0.15) is 5.10 Å². The van der Waals surface area contributed by atoms with Gasteiger partial charge in [-0.1, -0.05) is 18.2 Å². The number of sulfonamides is 1. The molecule has 1 aromatic heterocycles. The molecule has 1 unspecified atom stereocenters. The minimum absolute atomic E-state index is 0.174. The van der Waals surface area contributed by atoms with Crippen LogP contribution in [0.1, 0.15) is 29.0 Å². The normalized spacial score (nSPS) is 18.4. The van der Waals surface area contributed by atoms with Crippen LogP contribution in [0.4, 0.5) is 5.69 Å². The quantitative estimate of drug-likeness (QED) is 0.880. The van der Waals surface area contributed by atoms with Gasteiger partial charge in [-0.3, -0.25) is 14.6 Å². The van der Waals surface area contributed by atoms with Crippen molar-refractivity contribution in [2.75, 3.05) is 17.8 Å². The van der Waals surface area contributed by atoms with E-state index in [0.717, 1.165) is 5.69 Å². The molecule has 2 heterocycles. The van der Waals surface area contributed by atoms with Gasteiger partial charge in [0.15, 0.2) is 0 Å². The lowest BCUT2D eigenvalue weighted by molar-refractivity contribution is 0.0721. The first-order chi connectivity index (χ1) is 11.5. The minimum Gasteiger partial charge on any atom is -0.336 e. The maximum atomic E-state index is 12.6. The van der Waals surface area contributed by atoms with Crippen molar-refractivity contribution in [1.29, 1.82) is 0 Å². The van der Waals surface area contributed by atoms with Gasteiger partial charge in [-0.25, -0.2) is 8.42 Å². The maximum Gasteiger partial charge on any atom is 0.274 e. The number of nitrogens with one attached hydrogen (secondary N) is 2. The third kappa shape index (κ3) is 3.59. The number of hydrogen-bond donors (Lipinski definition) is 2. The Morgan fingerprint density at radius 1 is 1.33 bits per heavy atom. The number of aromatic amines is 1. The van der Waals surface area contributed by atoms with Crippen LogP contribution in [0.15, 0.2) is 36.4 Å². The lowest BCUT2D eigenvalue weighted by Gasteiger charge is -2.32. The van der Waals surface area contributed by atoms with Crippen LogP contribution in [0.2, 0.25) is 0 Å². The number of aromatic nitrogens is 2. The summed E-state index contributed by atoms with van der Waals surface area (Å²) in [6.45, 7) is 2.53. The molecule has 0 aliphatic carbocycles. The molecule has 2 aromatic rings. The number of rotatable bonds is 4. The molecule has 0 bridgehead atoms. The molecule has 1 saturated heterocycles. The summed E-state index contributed by atoms with van der Waals surface area (Å²) >= 11 is 0. The highest BCUT2D eigenvalue weighted by Gasteiger charge is 2.33. The first-order valence-corrected chi connectivity index (χ1v) is 9.38. The van der Waals surface area contributed by atoms with Crippen LogP contribution in [0.5, 0.6) is 0 Å². The number of piperidine rings is 1. The number of nitrogens with zero attached hydrogens (tertiary/aromatic N) is 2. The van der Waals surface area contributed by atoms with Gasteiger partial charge in [-0.15, -0.1) is 0 Å². The van der Waals surface area contributed by atoms with Crippen molar-refractivity contribution in [2.45, 2.75) is 25.0 Å². The zero-order valence-electron chi connectivity index (χ0n) is 13.4. The fourth-order valence-electron chi connectivity index (χ4n) is 2.82. The average Bonchev–Trinajstić information content (AvgIpc) is 3.01. The Morgan fingerprint density at radius 2 is 2.08 bits per heavy atom. The van der Waals surface area contributed by atoms with Gasteiger partial charge in [0, 0.05) is 24.5 Å². The SMILES string of the molecule is Cc1cc(C(=O)N2CCCC(S(=O)(=O)Nc3ccccc3)C2)n[nH]1. The second kappa shape index (κ2) is 6.64. The first kappa shape index (κ1) is 16.5. The van der Waals surface area contributed by atoms with Crippen molar-refractivity contribution in [3.05, 3.63) is 47.8 Å². The molecule has 128 valence electrons. The molecular formula is C16H20N4O3S. The Bertz CT molecular complexity index is 817.